The number of aliphatic hydroxyl groups excluding tert-OH is 1. The zero-order valence-electron chi connectivity index (χ0n) is 11.7. The van der Waals surface area contributed by atoms with E-state index in [1.54, 1.807) is 13.0 Å². The Kier molecular flexibility index (Phi) is 4.91. The van der Waals surface area contributed by atoms with Crippen LogP contribution >= 0.6 is 0 Å². The summed E-state index contributed by atoms with van der Waals surface area (Å²) in [7, 11) is 0. The van der Waals surface area contributed by atoms with Crippen LogP contribution in [0.4, 0.5) is 4.39 Å². The van der Waals surface area contributed by atoms with Crippen LogP contribution in [0.25, 0.3) is 0 Å². The number of piperazine rings is 1. The smallest absolute Gasteiger partial charge is 0.126 e. The number of benzene rings is 1. The first-order valence-corrected chi connectivity index (χ1v) is 6.93. The van der Waals surface area contributed by atoms with Crippen molar-refractivity contribution in [2.24, 2.45) is 0 Å². The molecule has 0 saturated carbocycles. The van der Waals surface area contributed by atoms with Crippen LogP contribution in [0.2, 0.25) is 0 Å². The number of hydrogen-bond acceptors (Lipinski definition) is 3. The summed E-state index contributed by atoms with van der Waals surface area (Å²) in [5.74, 6) is -0.139. The summed E-state index contributed by atoms with van der Waals surface area (Å²) in [5.41, 5.74) is 1.68. The molecule has 0 radical (unpaired) electrons. The summed E-state index contributed by atoms with van der Waals surface area (Å²) in [4.78, 5) is 2.33. The van der Waals surface area contributed by atoms with E-state index in [1.165, 1.54) is 0 Å². The summed E-state index contributed by atoms with van der Waals surface area (Å²) in [6, 6.07) is 6.20. The van der Waals surface area contributed by atoms with Gasteiger partial charge in [-0.2, -0.15) is 0 Å². The molecule has 0 spiro atoms. The third-order valence-electron chi connectivity index (χ3n) is 3.81. The van der Waals surface area contributed by atoms with Gasteiger partial charge in [-0.15, -0.1) is 0 Å². The van der Waals surface area contributed by atoms with E-state index in [0.717, 1.165) is 31.6 Å². The van der Waals surface area contributed by atoms with Crippen molar-refractivity contribution >= 4 is 0 Å². The minimum Gasteiger partial charge on any atom is -0.396 e. The zero-order chi connectivity index (χ0) is 13.8. The lowest BCUT2D eigenvalue weighted by atomic mass is 10.0. The van der Waals surface area contributed by atoms with E-state index in [4.69, 9.17) is 5.11 Å². The molecule has 1 heterocycles. The maximum Gasteiger partial charge on any atom is 0.126 e. The Bertz CT molecular complexity index is 425. The van der Waals surface area contributed by atoms with Gasteiger partial charge in [-0.3, -0.25) is 4.90 Å². The van der Waals surface area contributed by atoms with Crippen LogP contribution in [-0.4, -0.2) is 41.8 Å². The van der Waals surface area contributed by atoms with E-state index in [-0.39, 0.29) is 12.4 Å². The van der Waals surface area contributed by atoms with Gasteiger partial charge in [0.2, 0.25) is 0 Å². The molecule has 2 atom stereocenters. The lowest BCUT2D eigenvalue weighted by Crippen LogP contribution is -2.55. The highest BCUT2D eigenvalue weighted by molar-refractivity contribution is 5.23. The van der Waals surface area contributed by atoms with Gasteiger partial charge in [0, 0.05) is 38.3 Å². The second-order valence-corrected chi connectivity index (χ2v) is 5.49. The topological polar surface area (TPSA) is 35.5 Å². The Morgan fingerprint density at radius 3 is 2.95 bits per heavy atom. The van der Waals surface area contributed by atoms with E-state index < -0.39 is 0 Å². The number of aliphatic hydroxyl groups is 1. The number of nitrogens with one attached hydrogen (secondary N) is 1. The fraction of sp³-hybridized carbons (Fsp3) is 0.600. The van der Waals surface area contributed by atoms with Crippen molar-refractivity contribution in [3.63, 3.8) is 0 Å². The van der Waals surface area contributed by atoms with Crippen molar-refractivity contribution in [2.45, 2.75) is 38.9 Å². The molecule has 2 N–H and O–H groups in total. The van der Waals surface area contributed by atoms with Crippen LogP contribution in [0.5, 0.6) is 0 Å². The average Bonchev–Trinajstić information content (AvgIpc) is 2.37. The Labute approximate surface area is 114 Å². The largest absolute Gasteiger partial charge is 0.396 e. The monoisotopic (exact) mass is 266 g/mol. The lowest BCUT2D eigenvalue weighted by Gasteiger charge is -2.39. The van der Waals surface area contributed by atoms with Crippen molar-refractivity contribution in [2.75, 3.05) is 19.7 Å². The van der Waals surface area contributed by atoms with Crippen molar-refractivity contribution in [3.8, 4) is 0 Å². The standard InChI is InChI=1S/C15H23FN2O/c1-11-3-4-13(7-15(11)16)10-18-9-12(2)17-8-14(18)5-6-19/h3-4,7,12,14,17,19H,5-6,8-10H2,1-2H3/t12-,14+/m0/s1. The normalized spacial score (nSPS) is 24.6. The van der Waals surface area contributed by atoms with Gasteiger partial charge in [-0.05, 0) is 37.5 Å². The van der Waals surface area contributed by atoms with E-state index in [0.29, 0.717) is 17.6 Å². The van der Waals surface area contributed by atoms with Crippen LogP contribution in [-0.2, 0) is 6.54 Å². The molecule has 4 heteroatoms. The van der Waals surface area contributed by atoms with Gasteiger partial charge in [0.1, 0.15) is 5.82 Å². The molecule has 1 aliphatic rings. The Morgan fingerprint density at radius 1 is 1.47 bits per heavy atom. The van der Waals surface area contributed by atoms with Crippen molar-refractivity contribution < 1.29 is 9.50 Å². The molecule has 3 nitrogen and oxygen atoms in total. The molecule has 1 fully saturated rings. The molecular formula is C15H23FN2O. The molecule has 1 saturated heterocycles. The third kappa shape index (κ3) is 3.75. The number of halogens is 1. The molecule has 1 aromatic rings. The van der Waals surface area contributed by atoms with Crippen LogP contribution in [0.15, 0.2) is 18.2 Å². The molecule has 1 aliphatic heterocycles. The first kappa shape index (κ1) is 14.4. The molecule has 0 bridgehead atoms. The Hall–Kier alpha value is -0.970. The molecule has 0 unspecified atom stereocenters. The van der Waals surface area contributed by atoms with Crippen molar-refractivity contribution in [1.82, 2.24) is 10.2 Å². The third-order valence-corrected chi connectivity index (χ3v) is 3.81. The first-order chi connectivity index (χ1) is 9.10. The molecule has 106 valence electrons. The van der Waals surface area contributed by atoms with Gasteiger partial charge in [-0.25, -0.2) is 4.39 Å². The van der Waals surface area contributed by atoms with Gasteiger partial charge < -0.3 is 10.4 Å². The summed E-state index contributed by atoms with van der Waals surface area (Å²) >= 11 is 0. The molecule has 2 rings (SSSR count). The molecule has 0 aromatic heterocycles. The number of hydrogen-bond donors (Lipinski definition) is 2. The van der Waals surface area contributed by atoms with E-state index in [9.17, 15) is 4.39 Å². The van der Waals surface area contributed by atoms with Crippen LogP contribution in [0.3, 0.4) is 0 Å². The molecule has 0 amide bonds. The molecule has 19 heavy (non-hydrogen) atoms. The van der Waals surface area contributed by atoms with Gasteiger partial charge in [-0.1, -0.05) is 12.1 Å². The quantitative estimate of drug-likeness (QED) is 0.870. The summed E-state index contributed by atoms with van der Waals surface area (Å²) in [5, 5.41) is 12.6. The van der Waals surface area contributed by atoms with Gasteiger partial charge in [0.25, 0.3) is 0 Å². The highest BCUT2D eigenvalue weighted by atomic mass is 19.1. The van der Waals surface area contributed by atoms with Crippen LogP contribution in [0, 0.1) is 12.7 Å². The second-order valence-electron chi connectivity index (χ2n) is 5.49. The molecular weight excluding hydrogens is 243 g/mol. The fourth-order valence-electron chi connectivity index (χ4n) is 2.63. The SMILES string of the molecule is Cc1ccc(CN2C[C@H](C)NC[C@H]2CCO)cc1F. The minimum atomic E-state index is -0.139. The van der Waals surface area contributed by atoms with Gasteiger partial charge in [0.05, 0.1) is 0 Å². The van der Waals surface area contributed by atoms with Crippen molar-refractivity contribution in [1.29, 1.82) is 0 Å². The fourth-order valence-corrected chi connectivity index (χ4v) is 2.63. The highest BCUT2D eigenvalue weighted by Gasteiger charge is 2.25. The lowest BCUT2D eigenvalue weighted by molar-refractivity contribution is 0.103. The summed E-state index contributed by atoms with van der Waals surface area (Å²) in [6.07, 6.45) is 0.758. The maximum absolute atomic E-state index is 13.6. The summed E-state index contributed by atoms with van der Waals surface area (Å²) in [6.45, 7) is 6.68. The predicted molar refractivity (Wildman–Crippen MR) is 74.5 cm³/mol. The van der Waals surface area contributed by atoms with Gasteiger partial charge >= 0.3 is 0 Å². The Balaban J connectivity index is 2.07. The van der Waals surface area contributed by atoms with Crippen LogP contribution < -0.4 is 5.32 Å². The van der Waals surface area contributed by atoms with E-state index >= 15 is 0 Å². The highest BCUT2D eigenvalue weighted by Crippen LogP contribution is 2.16. The molecule has 0 aliphatic carbocycles. The number of aryl methyl sites for hydroxylation is 1. The first-order valence-electron chi connectivity index (χ1n) is 6.93. The zero-order valence-corrected chi connectivity index (χ0v) is 11.7. The number of nitrogens with zero attached hydrogens (tertiary/aromatic N) is 1. The predicted octanol–water partition coefficient (Wildman–Crippen LogP) is 1.68. The van der Waals surface area contributed by atoms with Crippen LogP contribution in [0.1, 0.15) is 24.5 Å². The van der Waals surface area contributed by atoms with E-state index in [2.05, 4.69) is 17.1 Å². The van der Waals surface area contributed by atoms with E-state index in [1.807, 2.05) is 12.1 Å². The Morgan fingerprint density at radius 2 is 2.26 bits per heavy atom. The van der Waals surface area contributed by atoms with Gasteiger partial charge in [0.15, 0.2) is 0 Å². The second kappa shape index (κ2) is 6.46. The number of rotatable bonds is 4. The molecule has 1 aromatic carbocycles. The maximum atomic E-state index is 13.6. The average molecular weight is 266 g/mol. The van der Waals surface area contributed by atoms with Crippen molar-refractivity contribution in [3.05, 3.63) is 35.1 Å². The summed E-state index contributed by atoms with van der Waals surface area (Å²) < 4.78 is 13.6. The minimum absolute atomic E-state index is 0.139.